The van der Waals surface area contributed by atoms with Crippen molar-refractivity contribution in [3.05, 3.63) is 139 Å². The molecule has 0 unspecified atom stereocenters. The zero-order valence-corrected chi connectivity index (χ0v) is 22.8. The van der Waals surface area contributed by atoms with E-state index in [2.05, 4.69) is 146 Å². The summed E-state index contributed by atoms with van der Waals surface area (Å²) in [5.41, 5.74) is 8.99. The minimum absolute atomic E-state index is 0.000684. The quantitative estimate of drug-likeness (QED) is 0.225. The number of para-hydroxylation sites is 1. The maximum atomic E-state index is 2.40. The first-order chi connectivity index (χ1) is 19.1. The molecule has 0 saturated carbocycles. The van der Waals surface area contributed by atoms with Crippen LogP contribution in [-0.2, 0) is 5.41 Å². The summed E-state index contributed by atoms with van der Waals surface area (Å²) in [7, 11) is 0. The third kappa shape index (κ3) is 3.32. The first-order valence-electron chi connectivity index (χ1n) is 13.5. The molecular weight excluding hydrogens is 490 g/mol. The van der Waals surface area contributed by atoms with Gasteiger partial charge in [0.15, 0.2) is 0 Å². The van der Waals surface area contributed by atoms with E-state index in [4.69, 9.17) is 0 Å². The highest BCUT2D eigenvalue weighted by Gasteiger charge is 2.35. The molecule has 0 bridgehead atoms. The van der Waals surface area contributed by atoms with Gasteiger partial charge in [0.05, 0.1) is 0 Å². The molecule has 8 rings (SSSR count). The lowest BCUT2D eigenvalue weighted by Gasteiger charge is -2.27. The Hall–Kier alpha value is -4.40. The molecule has 186 valence electrons. The molecule has 0 amide bonds. The molecule has 1 aromatic heterocycles. The van der Waals surface area contributed by atoms with Crippen LogP contribution in [0.25, 0.3) is 42.1 Å². The maximum absolute atomic E-state index is 2.40. The average molecular weight is 518 g/mol. The predicted molar refractivity (Wildman–Crippen MR) is 169 cm³/mol. The molecular formula is C37H27NS. The molecule has 1 aliphatic rings. The van der Waals surface area contributed by atoms with Crippen molar-refractivity contribution in [1.82, 2.24) is 0 Å². The van der Waals surface area contributed by atoms with Gasteiger partial charge in [-0.1, -0.05) is 98.8 Å². The van der Waals surface area contributed by atoms with Crippen molar-refractivity contribution in [2.24, 2.45) is 0 Å². The fourth-order valence-electron chi connectivity index (χ4n) is 6.50. The van der Waals surface area contributed by atoms with Gasteiger partial charge in [0.1, 0.15) is 0 Å². The number of fused-ring (bicyclic) bond motifs is 8. The highest BCUT2D eigenvalue weighted by atomic mass is 32.1. The molecule has 1 nitrogen and oxygen atoms in total. The number of anilines is 3. The normalized spacial score (nSPS) is 13.6. The van der Waals surface area contributed by atoms with Gasteiger partial charge >= 0.3 is 0 Å². The van der Waals surface area contributed by atoms with Crippen LogP contribution >= 0.6 is 11.3 Å². The van der Waals surface area contributed by atoms with Crippen molar-refractivity contribution in [1.29, 1.82) is 0 Å². The lowest BCUT2D eigenvalue weighted by atomic mass is 9.82. The van der Waals surface area contributed by atoms with E-state index < -0.39 is 0 Å². The van der Waals surface area contributed by atoms with Crippen LogP contribution in [0, 0.1) is 0 Å². The zero-order chi connectivity index (χ0) is 26.1. The number of benzene rings is 6. The third-order valence-electron chi connectivity index (χ3n) is 8.44. The molecule has 0 saturated heterocycles. The second kappa shape index (κ2) is 8.30. The van der Waals surface area contributed by atoms with Gasteiger partial charge in [-0.25, -0.2) is 0 Å². The zero-order valence-electron chi connectivity index (χ0n) is 22.0. The fraction of sp³-hybridized carbons (Fsp3) is 0.0811. The Labute approximate surface area is 232 Å². The van der Waals surface area contributed by atoms with Gasteiger partial charge in [-0.15, -0.1) is 11.3 Å². The van der Waals surface area contributed by atoms with Gasteiger partial charge in [0.2, 0.25) is 0 Å². The van der Waals surface area contributed by atoms with Crippen LogP contribution < -0.4 is 4.90 Å². The first-order valence-corrected chi connectivity index (χ1v) is 14.3. The van der Waals surface area contributed by atoms with Gasteiger partial charge in [-0.2, -0.15) is 0 Å². The van der Waals surface area contributed by atoms with Crippen molar-refractivity contribution < 1.29 is 0 Å². The van der Waals surface area contributed by atoms with E-state index in [1.54, 1.807) is 0 Å². The summed E-state index contributed by atoms with van der Waals surface area (Å²) in [4.78, 5) is 2.40. The van der Waals surface area contributed by atoms with Crippen molar-refractivity contribution in [2.45, 2.75) is 19.3 Å². The average Bonchev–Trinajstić information content (AvgIpc) is 3.46. The van der Waals surface area contributed by atoms with Crippen molar-refractivity contribution >= 4 is 59.3 Å². The number of hydrogen-bond acceptors (Lipinski definition) is 2. The van der Waals surface area contributed by atoms with Crippen molar-refractivity contribution in [3.63, 3.8) is 0 Å². The predicted octanol–water partition coefficient (Wildman–Crippen LogP) is 11.0. The molecule has 0 radical (unpaired) electrons. The minimum atomic E-state index is -0.000684. The second-order valence-electron chi connectivity index (χ2n) is 11.0. The van der Waals surface area contributed by atoms with Gasteiger partial charge in [-0.05, 0) is 75.5 Å². The summed E-state index contributed by atoms with van der Waals surface area (Å²) in [6.45, 7) is 4.68. The molecule has 0 fully saturated rings. The summed E-state index contributed by atoms with van der Waals surface area (Å²) in [5, 5.41) is 5.27. The minimum Gasteiger partial charge on any atom is -0.310 e. The Morgan fingerprint density at radius 3 is 2.13 bits per heavy atom. The Bertz CT molecular complexity index is 2050. The second-order valence-corrected chi connectivity index (χ2v) is 12.1. The SMILES string of the molecule is CC1(C)c2ccccc2-c2cc(N(c3ccccc3)c3ccc4sc5c6ccccc6ccc5c4c3)ccc21. The van der Waals surface area contributed by atoms with E-state index >= 15 is 0 Å². The van der Waals surface area contributed by atoms with E-state index in [1.807, 2.05) is 11.3 Å². The summed E-state index contributed by atoms with van der Waals surface area (Å²) in [6.07, 6.45) is 0. The number of nitrogens with zero attached hydrogens (tertiary/aromatic N) is 1. The molecule has 1 aliphatic carbocycles. The summed E-state index contributed by atoms with van der Waals surface area (Å²) < 4.78 is 2.69. The summed E-state index contributed by atoms with van der Waals surface area (Å²) >= 11 is 1.89. The van der Waals surface area contributed by atoms with E-state index in [9.17, 15) is 0 Å². The molecule has 0 atom stereocenters. The van der Waals surface area contributed by atoms with Crippen LogP contribution in [0.4, 0.5) is 17.1 Å². The molecule has 0 aliphatic heterocycles. The van der Waals surface area contributed by atoms with Gasteiger partial charge in [0.25, 0.3) is 0 Å². The van der Waals surface area contributed by atoms with E-state index in [-0.39, 0.29) is 5.41 Å². The van der Waals surface area contributed by atoms with Gasteiger partial charge < -0.3 is 4.90 Å². The van der Waals surface area contributed by atoms with Crippen LogP contribution in [0.3, 0.4) is 0 Å². The monoisotopic (exact) mass is 517 g/mol. The smallest absolute Gasteiger partial charge is 0.0468 e. The molecule has 39 heavy (non-hydrogen) atoms. The first kappa shape index (κ1) is 22.6. The van der Waals surface area contributed by atoms with E-state index in [1.165, 1.54) is 64.6 Å². The van der Waals surface area contributed by atoms with Crippen LogP contribution in [0.5, 0.6) is 0 Å². The van der Waals surface area contributed by atoms with Crippen LogP contribution in [0.2, 0.25) is 0 Å². The van der Waals surface area contributed by atoms with Crippen LogP contribution in [0.15, 0.2) is 127 Å². The lowest BCUT2D eigenvalue weighted by molar-refractivity contribution is 0.660. The van der Waals surface area contributed by atoms with Crippen molar-refractivity contribution in [2.75, 3.05) is 4.90 Å². The number of rotatable bonds is 3. The molecule has 2 heteroatoms. The molecule has 0 spiro atoms. The van der Waals surface area contributed by atoms with Gasteiger partial charge in [0, 0.05) is 42.6 Å². The highest BCUT2D eigenvalue weighted by Crippen LogP contribution is 2.51. The maximum Gasteiger partial charge on any atom is 0.0468 e. The standard InChI is InChI=1S/C37H27NS/c1-37(2)33-15-9-8-14-29(33)31-22-26(17-20-34(31)37)38(25-11-4-3-5-12-25)27-18-21-35-32(23-27)30-19-16-24-10-6-7-13-28(24)36(30)39-35/h3-23H,1-2H3. The largest absolute Gasteiger partial charge is 0.310 e. The number of thiophene rings is 1. The molecule has 6 aromatic carbocycles. The molecule has 7 aromatic rings. The topological polar surface area (TPSA) is 3.24 Å². The summed E-state index contributed by atoms with van der Waals surface area (Å²) in [6, 6.07) is 46.8. The third-order valence-corrected chi connectivity index (χ3v) is 9.66. The summed E-state index contributed by atoms with van der Waals surface area (Å²) in [5.74, 6) is 0. The lowest BCUT2D eigenvalue weighted by Crippen LogP contribution is -2.15. The Kier molecular flexibility index (Phi) is 4.80. The van der Waals surface area contributed by atoms with Crippen molar-refractivity contribution in [3.8, 4) is 11.1 Å². The van der Waals surface area contributed by atoms with Crippen LogP contribution in [0.1, 0.15) is 25.0 Å². The number of hydrogen-bond donors (Lipinski definition) is 0. The molecule has 1 heterocycles. The Morgan fingerprint density at radius 2 is 1.23 bits per heavy atom. The fourth-order valence-corrected chi connectivity index (χ4v) is 7.72. The van der Waals surface area contributed by atoms with Crippen LogP contribution in [-0.4, -0.2) is 0 Å². The highest BCUT2D eigenvalue weighted by molar-refractivity contribution is 7.26. The van der Waals surface area contributed by atoms with E-state index in [0.29, 0.717) is 0 Å². The Morgan fingerprint density at radius 1 is 0.513 bits per heavy atom. The Balaban J connectivity index is 1.35. The van der Waals surface area contributed by atoms with E-state index in [0.717, 1.165) is 5.69 Å². The molecule has 0 N–H and O–H groups in total. The van der Waals surface area contributed by atoms with Gasteiger partial charge in [-0.3, -0.25) is 0 Å².